The van der Waals surface area contributed by atoms with Crippen LogP contribution in [0.25, 0.3) is 0 Å². The third kappa shape index (κ3) is 15.5. The van der Waals surface area contributed by atoms with Gasteiger partial charge in [0.25, 0.3) is 6.36 Å². The fraction of sp³-hybridized carbons (Fsp3) is 1.00. The summed E-state index contributed by atoms with van der Waals surface area (Å²) in [5.74, 6) is 0. The van der Waals surface area contributed by atoms with Crippen molar-refractivity contribution in [1.29, 1.82) is 0 Å². The quantitative estimate of drug-likeness (QED) is 0.332. The topological polar surface area (TPSA) is 18.5 Å². The first-order valence-corrected chi connectivity index (χ1v) is 7.15. The zero-order chi connectivity index (χ0) is 27.0. The Morgan fingerprint density at radius 1 is 0.562 bits per heavy atom. The lowest BCUT2D eigenvalue weighted by Gasteiger charge is -2.31. The highest BCUT2D eigenvalue weighted by Gasteiger charge is 2.67. The second kappa shape index (κ2) is 12.2. The van der Waals surface area contributed by atoms with Crippen molar-refractivity contribution >= 4 is 0 Å². The molecule has 0 bridgehead atoms. The van der Waals surface area contributed by atoms with Crippen molar-refractivity contribution in [1.82, 2.24) is 0 Å². The predicted molar refractivity (Wildman–Crippen MR) is 66.9 cm³/mol. The van der Waals surface area contributed by atoms with E-state index in [-0.39, 0.29) is 0 Å². The summed E-state index contributed by atoms with van der Waals surface area (Å²) in [5, 5.41) is 0. The van der Waals surface area contributed by atoms with Gasteiger partial charge in [0.1, 0.15) is 0 Å². The molecule has 2 nitrogen and oxygen atoms in total. The van der Waals surface area contributed by atoms with Crippen LogP contribution in [-0.2, 0) is 9.47 Å². The highest BCUT2D eigenvalue weighted by atomic mass is 19.4. The molecule has 0 aliphatic rings. The Hall–Kier alpha value is -1.34. The number of hydrogen-bond donors (Lipinski definition) is 0. The van der Waals surface area contributed by atoms with Gasteiger partial charge in [0.15, 0.2) is 6.10 Å². The van der Waals surface area contributed by atoms with Gasteiger partial charge in [-0.3, -0.25) is 9.13 Å². The van der Waals surface area contributed by atoms with Gasteiger partial charge in [-0.1, -0.05) is 6.92 Å². The van der Waals surface area contributed by atoms with E-state index in [0.29, 0.717) is 7.18 Å². The van der Waals surface area contributed by atoms with Crippen LogP contribution in [0.15, 0.2) is 0 Å². The third-order valence-electron chi connectivity index (χ3n) is 2.32. The smallest absolute Gasteiger partial charge is 0.300 e. The molecule has 0 aromatic carbocycles. The van der Waals surface area contributed by atoms with E-state index in [1.165, 1.54) is 0 Å². The van der Waals surface area contributed by atoms with Gasteiger partial charge in [0, 0.05) is 6.42 Å². The maximum Gasteiger partial charge on any atom is 0.451 e. The highest BCUT2D eigenvalue weighted by molar-refractivity contribution is 4.78. The molecular weight excluding hydrogens is 518 g/mol. The monoisotopic (exact) mass is 530 g/mol. The molecule has 198 valence electrons. The van der Waals surface area contributed by atoms with Crippen molar-refractivity contribution in [3.05, 3.63) is 0 Å². The summed E-state index contributed by atoms with van der Waals surface area (Å²) in [4.78, 5) is 0. The van der Waals surface area contributed by atoms with Gasteiger partial charge in [-0.2, -0.15) is 70.2 Å². The summed E-state index contributed by atoms with van der Waals surface area (Å²) in [6, 6.07) is 0. The molecule has 2 atom stereocenters. The van der Waals surface area contributed by atoms with Gasteiger partial charge in [-0.05, 0) is 0 Å². The van der Waals surface area contributed by atoms with E-state index in [0.717, 1.165) is 6.92 Å². The highest BCUT2D eigenvalue weighted by Crippen LogP contribution is 2.44. The summed E-state index contributed by atoms with van der Waals surface area (Å²) >= 11 is 0. The fourth-order valence-corrected chi connectivity index (χ4v) is 0.947. The summed E-state index contributed by atoms with van der Waals surface area (Å²) < 4.78 is 216. The molecule has 0 aliphatic carbocycles. The van der Waals surface area contributed by atoms with Crippen molar-refractivity contribution in [3.63, 3.8) is 0 Å². The van der Waals surface area contributed by atoms with E-state index in [1.54, 1.807) is 0 Å². The van der Waals surface area contributed by atoms with Crippen molar-refractivity contribution in [2.24, 2.45) is 0 Å². The van der Waals surface area contributed by atoms with Crippen LogP contribution in [0.4, 0.5) is 79.0 Å². The van der Waals surface area contributed by atoms with Crippen molar-refractivity contribution in [2.75, 3.05) is 7.18 Å². The van der Waals surface area contributed by atoms with Crippen molar-refractivity contribution < 1.29 is 88.5 Å². The summed E-state index contributed by atoms with van der Waals surface area (Å²) in [7, 11) is 0.500. The van der Waals surface area contributed by atoms with E-state index in [9.17, 15) is 79.0 Å². The van der Waals surface area contributed by atoms with Crippen LogP contribution in [0.5, 0.6) is 0 Å². The molecule has 0 heterocycles. The molecule has 0 radical (unpaired) electrons. The summed E-state index contributed by atoms with van der Waals surface area (Å²) in [6.07, 6.45) is -49.2. The van der Waals surface area contributed by atoms with Crippen LogP contribution in [0, 0.1) is 0 Å². The Bertz CT molecular complexity index is 502. The molecule has 0 aromatic rings. The van der Waals surface area contributed by atoms with Crippen molar-refractivity contribution in [3.8, 4) is 0 Å². The largest absolute Gasteiger partial charge is 0.451 e. The van der Waals surface area contributed by atoms with Gasteiger partial charge in [-0.25, -0.2) is 4.39 Å². The second-order valence-electron chi connectivity index (χ2n) is 4.95. The van der Waals surface area contributed by atoms with Crippen LogP contribution < -0.4 is 0 Å². The minimum Gasteiger partial charge on any atom is -0.300 e. The zero-order valence-corrected chi connectivity index (χ0v) is 15.2. The summed E-state index contributed by atoms with van der Waals surface area (Å²) in [5.41, 5.74) is 0. The first-order chi connectivity index (χ1) is 13.8. The van der Waals surface area contributed by atoms with Crippen LogP contribution in [0.3, 0.4) is 0 Å². The number of halogens is 18. The van der Waals surface area contributed by atoms with Crippen molar-refractivity contribution in [2.45, 2.75) is 69.1 Å². The molecule has 0 N–H and O–H groups in total. The molecule has 0 saturated carbocycles. The number of ether oxygens (including phenoxy) is 2. The molecule has 2 unspecified atom stereocenters. The maximum atomic E-state index is 12.8. The number of rotatable bonds is 6. The Balaban J connectivity index is -0.000000899. The lowest BCUT2D eigenvalue weighted by molar-refractivity contribution is -0.481. The van der Waals surface area contributed by atoms with E-state index < -0.39 is 62.2 Å². The van der Waals surface area contributed by atoms with E-state index in [4.69, 9.17) is 0 Å². The Kier molecular flexibility index (Phi) is 13.5. The SMILES string of the molecule is CCC(F)(F)F.CF.FC(OC(F)(F)C(F)(F)OC(CC(F)(F)F)C(F)(F)F)C(F)(F)F. The lowest BCUT2D eigenvalue weighted by atomic mass is 10.2. The van der Waals surface area contributed by atoms with Gasteiger partial charge < -0.3 is 4.74 Å². The Morgan fingerprint density at radius 3 is 1.09 bits per heavy atom. The average Bonchev–Trinajstić information content (AvgIpc) is 2.52. The van der Waals surface area contributed by atoms with E-state index in [2.05, 4.69) is 4.74 Å². The Morgan fingerprint density at radius 2 is 0.875 bits per heavy atom. The van der Waals surface area contributed by atoms with Gasteiger partial charge in [-0.15, -0.1) is 0 Å². The van der Waals surface area contributed by atoms with Crippen LogP contribution in [0.2, 0.25) is 0 Å². The number of alkyl halides is 18. The molecule has 0 rings (SSSR count). The van der Waals surface area contributed by atoms with Gasteiger partial charge in [0.2, 0.25) is 0 Å². The maximum absolute atomic E-state index is 12.8. The molecule has 0 fully saturated rings. The normalized spacial score (nSPS) is 15.8. The third-order valence-corrected chi connectivity index (χ3v) is 2.32. The lowest BCUT2D eigenvalue weighted by Crippen LogP contribution is -2.53. The predicted octanol–water partition coefficient (Wildman–Crippen LogP) is 7.49. The molecule has 32 heavy (non-hydrogen) atoms. The molecule has 0 spiro atoms. The molecule has 0 amide bonds. The van der Waals surface area contributed by atoms with E-state index in [1.807, 2.05) is 4.74 Å². The van der Waals surface area contributed by atoms with Gasteiger partial charge >= 0.3 is 36.9 Å². The second-order valence-corrected chi connectivity index (χ2v) is 4.95. The molecule has 0 aliphatic heterocycles. The minimum atomic E-state index is -6.67. The van der Waals surface area contributed by atoms with Crippen LogP contribution in [-0.4, -0.2) is 56.6 Å². The Labute approximate surface area is 166 Å². The van der Waals surface area contributed by atoms with Crippen LogP contribution in [0.1, 0.15) is 19.8 Å². The standard InChI is InChI=1S/C8H4F14O2.C3H5F3.CH3F/c9-3(6(16,17)18)24-8(21,22)7(19,20)23-2(5(13,14)15)1-4(10,11)12;1-2-3(4,5)6;1-2/h2-3H,1H2;2H2,1H3;1H3. The van der Waals surface area contributed by atoms with E-state index >= 15 is 0 Å². The summed E-state index contributed by atoms with van der Waals surface area (Å²) in [6.45, 7) is 1.08. The first-order valence-electron chi connectivity index (χ1n) is 7.15. The number of hydrogen-bond acceptors (Lipinski definition) is 2. The minimum absolute atomic E-state index is 0.500. The van der Waals surface area contributed by atoms with Crippen LogP contribution >= 0.6 is 0 Å². The zero-order valence-electron chi connectivity index (χ0n) is 15.2. The molecule has 0 saturated heterocycles. The molecular formula is C12H12F18O2. The molecule has 20 heteroatoms. The molecule has 0 aromatic heterocycles. The van der Waals surface area contributed by atoms with Gasteiger partial charge in [0.05, 0.1) is 13.6 Å². The average molecular weight is 530 g/mol. The fourth-order valence-electron chi connectivity index (χ4n) is 0.947. The first kappa shape index (κ1) is 35.3.